The van der Waals surface area contributed by atoms with Crippen LogP contribution in [0.4, 0.5) is 0 Å². The molecule has 0 saturated carbocycles. The van der Waals surface area contributed by atoms with Crippen LogP contribution >= 0.6 is 0 Å². The second-order valence-electron chi connectivity index (χ2n) is 6.55. The van der Waals surface area contributed by atoms with E-state index in [1.54, 1.807) is 4.80 Å². The van der Waals surface area contributed by atoms with E-state index < -0.39 is 0 Å². The quantitative estimate of drug-likeness (QED) is 0.655. The number of aliphatic hydroxyl groups is 1. The molecule has 0 fully saturated rings. The summed E-state index contributed by atoms with van der Waals surface area (Å²) >= 11 is 0. The van der Waals surface area contributed by atoms with E-state index in [0.29, 0.717) is 13.1 Å². The molecule has 136 valence electrons. The number of nitrogens with zero attached hydrogens (tertiary/aromatic N) is 3. The molecule has 2 aromatic carbocycles. The summed E-state index contributed by atoms with van der Waals surface area (Å²) in [7, 11) is 0. The molecule has 0 saturated heterocycles. The highest BCUT2D eigenvalue weighted by Gasteiger charge is 2.14. The van der Waals surface area contributed by atoms with Crippen LogP contribution in [0.15, 0.2) is 54.6 Å². The van der Waals surface area contributed by atoms with Crippen molar-refractivity contribution in [1.29, 1.82) is 0 Å². The van der Waals surface area contributed by atoms with Gasteiger partial charge in [0.2, 0.25) is 0 Å². The van der Waals surface area contributed by atoms with Gasteiger partial charge in [-0.25, -0.2) is 0 Å². The Morgan fingerprint density at radius 3 is 2.42 bits per heavy atom. The van der Waals surface area contributed by atoms with Crippen LogP contribution in [-0.2, 0) is 13.1 Å². The molecular weight excluding hydrogens is 324 g/mol. The van der Waals surface area contributed by atoms with Crippen molar-refractivity contribution in [2.24, 2.45) is 0 Å². The van der Waals surface area contributed by atoms with Crippen molar-refractivity contribution in [2.45, 2.75) is 39.4 Å². The summed E-state index contributed by atoms with van der Waals surface area (Å²) in [5.41, 5.74) is 5.25. The molecule has 1 atom stereocenters. The van der Waals surface area contributed by atoms with Crippen LogP contribution in [0, 0.1) is 6.92 Å². The molecule has 0 aliphatic heterocycles. The molecule has 0 unspecified atom stereocenters. The first kappa shape index (κ1) is 18.3. The third-order valence-corrected chi connectivity index (χ3v) is 4.49. The topological polar surface area (TPSA) is 63.0 Å². The Morgan fingerprint density at radius 2 is 1.77 bits per heavy atom. The zero-order valence-corrected chi connectivity index (χ0v) is 15.4. The van der Waals surface area contributed by atoms with Crippen LogP contribution in [0.3, 0.4) is 0 Å². The number of nitrogens with one attached hydrogen (secondary N) is 1. The van der Waals surface area contributed by atoms with Crippen molar-refractivity contribution < 1.29 is 5.11 Å². The largest absolute Gasteiger partial charge is 0.395 e. The van der Waals surface area contributed by atoms with Gasteiger partial charge in [-0.3, -0.25) is 0 Å². The molecule has 1 heterocycles. The second kappa shape index (κ2) is 8.74. The molecule has 3 rings (SSSR count). The smallest absolute Gasteiger partial charge is 0.117 e. The zero-order chi connectivity index (χ0) is 18.4. The summed E-state index contributed by atoms with van der Waals surface area (Å²) in [4.78, 5) is 1.75. The standard InChI is InChI=1S/C21H26N4O/c1-3-19(15-26)22-13-20-21(18-7-5-4-6-8-18)24-25(23-20)14-17-11-9-16(2)10-12-17/h4-12,19,22,26H,3,13-15H2,1-2H3/t19-/m0/s1. The highest BCUT2D eigenvalue weighted by molar-refractivity contribution is 5.60. The van der Waals surface area contributed by atoms with Crippen molar-refractivity contribution in [3.63, 3.8) is 0 Å². The zero-order valence-electron chi connectivity index (χ0n) is 15.4. The first-order chi connectivity index (χ1) is 12.7. The van der Waals surface area contributed by atoms with Crippen LogP contribution < -0.4 is 5.32 Å². The molecule has 0 radical (unpaired) electrons. The minimum atomic E-state index is 0.0703. The fourth-order valence-corrected chi connectivity index (χ4v) is 2.83. The van der Waals surface area contributed by atoms with Crippen molar-refractivity contribution in [3.8, 4) is 11.3 Å². The van der Waals surface area contributed by atoms with Crippen LogP contribution in [0.1, 0.15) is 30.2 Å². The van der Waals surface area contributed by atoms with E-state index >= 15 is 0 Å². The minimum absolute atomic E-state index is 0.0703. The summed E-state index contributed by atoms with van der Waals surface area (Å²) in [6.45, 7) is 5.47. The number of aryl methyl sites for hydroxylation is 1. The lowest BCUT2D eigenvalue weighted by Crippen LogP contribution is -2.31. The number of aromatic nitrogens is 3. The van der Waals surface area contributed by atoms with Gasteiger partial charge in [0.05, 0.1) is 13.2 Å². The van der Waals surface area contributed by atoms with Crippen LogP contribution in [0.2, 0.25) is 0 Å². The van der Waals surface area contributed by atoms with Crippen LogP contribution in [0.25, 0.3) is 11.3 Å². The van der Waals surface area contributed by atoms with Gasteiger partial charge in [-0.2, -0.15) is 15.0 Å². The molecule has 0 spiro atoms. The van der Waals surface area contributed by atoms with Crippen LogP contribution in [-0.4, -0.2) is 32.7 Å². The number of rotatable bonds is 8. The van der Waals surface area contributed by atoms with Crippen LogP contribution in [0.5, 0.6) is 0 Å². The van der Waals surface area contributed by atoms with E-state index in [1.807, 2.05) is 30.3 Å². The van der Waals surface area contributed by atoms with Crippen molar-refractivity contribution in [1.82, 2.24) is 20.3 Å². The Labute approximate surface area is 154 Å². The molecular formula is C21H26N4O. The third-order valence-electron chi connectivity index (χ3n) is 4.49. The van der Waals surface area contributed by atoms with E-state index in [1.165, 1.54) is 11.1 Å². The lowest BCUT2D eigenvalue weighted by Gasteiger charge is -2.12. The van der Waals surface area contributed by atoms with Gasteiger partial charge < -0.3 is 10.4 Å². The van der Waals surface area contributed by atoms with Crippen molar-refractivity contribution in [2.75, 3.05) is 6.61 Å². The monoisotopic (exact) mass is 350 g/mol. The van der Waals surface area contributed by atoms with Crippen molar-refractivity contribution >= 4 is 0 Å². The maximum Gasteiger partial charge on any atom is 0.117 e. The lowest BCUT2D eigenvalue weighted by molar-refractivity contribution is 0.238. The minimum Gasteiger partial charge on any atom is -0.395 e. The SMILES string of the molecule is CC[C@@H](CO)NCc1nn(Cc2ccc(C)cc2)nc1-c1ccccc1. The number of aliphatic hydroxyl groups excluding tert-OH is 1. The normalized spacial score (nSPS) is 12.3. The third kappa shape index (κ3) is 4.56. The van der Waals surface area contributed by atoms with Gasteiger partial charge in [-0.1, -0.05) is 67.1 Å². The Kier molecular flexibility index (Phi) is 6.15. The van der Waals surface area contributed by atoms with Gasteiger partial charge in [-0.15, -0.1) is 0 Å². The molecule has 0 aliphatic rings. The molecule has 2 N–H and O–H groups in total. The molecule has 1 aromatic heterocycles. The molecule has 0 bridgehead atoms. The fraction of sp³-hybridized carbons (Fsp3) is 0.333. The Balaban J connectivity index is 1.85. The van der Waals surface area contributed by atoms with Gasteiger partial charge in [0, 0.05) is 18.2 Å². The van der Waals surface area contributed by atoms with E-state index in [4.69, 9.17) is 10.2 Å². The Morgan fingerprint density at radius 1 is 1.04 bits per heavy atom. The fourth-order valence-electron chi connectivity index (χ4n) is 2.83. The first-order valence-corrected chi connectivity index (χ1v) is 9.08. The average molecular weight is 350 g/mol. The molecule has 3 aromatic rings. The number of hydrogen-bond donors (Lipinski definition) is 2. The molecule has 26 heavy (non-hydrogen) atoms. The highest BCUT2D eigenvalue weighted by atomic mass is 16.3. The maximum absolute atomic E-state index is 9.41. The van der Waals surface area contributed by atoms with Gasteiger partial charge >= 0.3 is 0 Å². The summed E-state index contributed by atoms with van der Waals surface area (Å²) in [6.07, 6.45) is 0.870. The highest BCUT2D eigenvalue weighted by Crippen LogP contribution is 2.20. The first-order valence-electron chi connectivity index (χ1n) is 9.08. The number of benzene rings is 2. The summed E-state index contributed by atoms with van der Waals surface area (Å²) in [6, 6.07) is 18.6. The lowest BCUT2D eigenvalue weighted by atomic mass is 10.1. The van der Waals surface area contributed by atoms with Gasteiger partial charge in [0.15, 0.2) is 0 Å². The summed E-state index contributed by atoms with van der Waals surface area (Å²) in [5, 5.41) is 22.2. The molecule has 5 nitrogen and oxygen atoms in total. The van der Waals surface area contributed by atoms with Gasteiger partial charge in [-0.05, 0) is 18.9 Å². The van der Waals surface area contributed by atoms with Crippen molar-refractivity contribution in [3.05, 3.63) is 71.4 Å². The molecule has 0 aliphatic carbocycles. The van der Waals surface area contributed by atoms with E-state index in [2.05, 4.69) is 43.4 Å². The van der Waals surface area contributed by atoms with E-state index in [9.17, 15) is 5.11 Å². The maximum atomic E-state index is 9.41. The summed E-state index contributed by atoms with van der Waals surface area (Å²) in [5.74, 6) is 0. The van der Waals surface area contributed by atoms with Gasteiger partial charge in [0.1, 0.15) is 11.4 Å². The summed E-state index contributed by atoms with van der Waals surface area (Å²) < 4.78 is 0. The van der Waals surface area contributed by atoms with E-state index in [-0.39, 0.29) is 12.6 Å². The molecule has 5 heteroatoms. The van der Waals surface area contributed by atoms with E-state index in [0.717, 1.165) is 23.4 Å². The Bertz CT molecular complexity index is 808. The predicted molar refractivity (Wildman–Crippen MR) is 104 cm³/mol. The molecule has 0 amide bonds. The predicted octanol–water partition coefficient (Wildman–Crippen LogP) is 3.16. The average Bonchev–Trinajstić information content (AvgIpc) is 3.08. The van der Waals surface area contributed by atoms with Gasteiger partial charge in [0.25, 0.3) is 0 Å². The Hall–Kier alpha value is -2.50. The number of hydrogen-bond acceptors (Lipinski definition) is 4. The second-order valence-corrected chi connectivity index (χ2v) is 6.55.